The Morgan fingerprint density at radius 2 is 1.72 bits per heavy atom. The van der Waals surface area contributed by atoms with E-state index in [0.29, 0.717) is 33.6 Å². The van der Waals surface area contributed by atoms with Crippen LogP contribution in [0.4, 0.5) is 5.69 Å². The second-order valence-corrected chi connectivity index (χ2v) is 10.5. The number of thiophene rings is 1. The van der Waals surface area contributed by atoms with Crippen molar-refractivity contribution in [1.82, 2.24) is 4.31 Å². The van der Waals surface area contributed by atoms with Crippen LogP contribution in [0.1, 0.15) is 23.2 Å². The highest BCUT2D eigenvalue weighted by Gasteiger charge is 2.28. The molecule has 1 fully saturated rings. The third-order valence-corrected chi connectivity index (χ3v) is 8.49. The van der Waals surface area contributed by atoms with E-state index in [1.165, 1.54) is 11.3 Å². The van der Waals surface area contributed by atoms with Gasteiger partial charge in [-0.3, -0.25) is 4.79 Å². The molecule has 0 aliphatic carbocycles. The molecule has 0 unspecified atom stereocenters. The van der Waals surface area contributed by atoms with Crippen LogP contribution in [-0.2, 0) is 10.0 Å². The second-order valence-electron chi connectivity index (χ2n) is 6.77. The lowest BCUT2D eigenvalue weighted by Gasteiger charge is -2.13. The van der Waals surface area contributed by atoms with Crippen LogP contribution in [0.15, 0.2) is 64.9 Å². The predicted octanol–water partition coefficient (Wildman–Crippen LogP) is 5.11. The Morgan fingerprint density at radius 1 is 1.00 bits per heavy atom. The summed E-state index contributed by atoms with van der Waals surface area (Å²) >= 11 is 7.20. The van der Waals surface area contributed by atoms with Gasteiger partial charge in [0.05, 0.1) is 0 Å². The lowest BCUT2D eigenvalue weighted by Crippen LogP contribution is -2.27. The highest BCUT2D eigenvalue weighted by atomic mass is 35.5. The first-order valence-electron chi connectivity index (χ1n) is 9.21. The zero-order valence-corrected chi connectivity index (χ0v) is 17.9. The molecule has 4 rings (SSSR count). The van der Waals surface area contributed by atoms with Gasteiger partial charge >= 0.3 is 0 Å². The van der Waals surface area contributed by atoms with Gasteiger partial charge in [0, 0.05) is 34.2 Å². The molecule has 0 spiro atoms. The van der Waals surface area contributed by atoms with E-state index in [4.69, 9.17) is 11.6 Å². The normalized spacial score (nSPS) is 14.8. The van der Waals surface area contributed by atoms with E-state index in [2.05, 4.69) is 5.32 Å². The summed E-state index contributed by atoms with van der Waals surface area (Å²) in [5.74, 6) is -0.234. The molecular formula is C21H19ClN2O3S2. The molecule has 1 aliphatic rings. The molecule has 150 valence electrons. The van der Waals surface area contributed by atoms with Gasteiger partial charge in [0.25, 0.3) is 15.9 Å². The van der Waals surface area contributed by atoms with Gasteiger partial charge in [-0.05, 0) is 60.9 Å². The Morgan fingerprint density at radius 3 is 2.41 bits per heavy atom. The third-order valence-electron chi connectivity index (χ3n) is 4.75. The van der Waals surface area contributed by atoms with Crippen LogP contribution in [0.5, 0.6) is 0 Å². The SMILES string of the molecule is O=C(Nc1cccc(Cl)c1)c1ccc(-c2ccc(S(=O)(=O)N3CCCC3)s2)cc1. The highest BCUT2D eigenvalue weighted by Crippen LogP contribution is 2.33. The minimum atomic E-state index is -3.41. The number of sulfonamides is 1. The summed E-state index contributed by atoms with van der Waals surface area (Å²) in [6.07, 6.45) is 1.83. The molecule has 2 heterocycles. The summed E-state index contributed by atoms with van der Waals surface area (Å²) in [7, 11) is -3.41. The van der Waals surface area contributed by atoms with Crippen LogP contribution in [0.3, 0.4) is 0 Å². The van der Waals surface area contributed by atoms with E-state index < -0.39 is 10.0 Å². The van der Waals surface area contributed by atoms with Gasteiger partial charge in [0.15, 0.2) is 0 Å². The van der Waals surface area contributed by atoms with E-state index in [0.717, 1.165) is 23.3 Å². The molecule has 29 heavy (non-hydrogen) atoms. The maximum Gasteiger partial charge on any atom is 0.255 e. The fourth-order valence-electron chi connectivity index (χ4n) is 3.23. The van der Waals surface area contributed by atoms with E-state index in [9.17, 15) is 13.2 Å². The molecule has 1 N–H and O–H groups in total. The number of carbonyl (C=O) groups is 1. The number of nitrogens with one attached hydrogen (secondary N) is 1. The van der Waals surface area contributed by atoms with E-state index in [1.54, 1.807) is 46.8 Å². The summed E-state index contributed by atoms with van der Waals surface area (Å²) in [6, 6.07) is 17.5. The van der Waals surface area contributed by atoms with Crippen molar-refractivity contribution in [2.75, 3.05) is 18.4 Å². The molecule has 1 amide bonds. The van der Waals surface area contributed by atoms with Crippen molar-refractivity contribution in [2.45, 2.75) is 17.1 Å². The number of rotatable bonds is 5. The van der Waals surface area contributed by atoms with E-state index in [1.807, 2.05) is 18.2 Å². The van der Waals surface area contributed by atoms with Crippen molar-refractivity contribution < 1.29 is 13.2 Å². The van der Waals surface area contributed by atoms with Crippen LogP contribution >= 0.6 is 22.9 Å². The summed E-state index contributed by atoms with van der Waals surface area (Å²) < 4.78 is 27.3. The zero-order valence-electron chi connectivity index (χ0n) is 15.5. The second kappa shape index (κ2) is 8.28. The Bertz CT molecular complexity index is 1130. The topological polar surface area (TPSA) is 66.5 Å². The summed E-state index contributed by atoms with van der Waals surface area (Å²) in [5, 5.41) is 3.36. The smallest absolute Gasteiger partial charge is 0.255 e. The van der Waals surface area contributed by atoms with E-state index in [-0.39, 0.29) is 5.91 Å². The van der Waals surface area contributed by atoms with Crippen molar-refractivity contribution in [3.05, 3.63) is 71.2 Å². The molecular weight excluding hydrogens is 428 g/mol. The molecule has 0 saturated carbocycles. The van der Waals surface area contributed by atoms with Gasteiger partial charge in [-0.2, -0.15) is 4.31 Å². The monoisotopic (exact) mass is 446 g/mol. The standard InChI is InChI=1S/C21H19ClN2O3S2/c22-17-4-3-5-18(14-17)23-21(25)16-8-6-15(7-9-16)19-10-11-20(28-19)29(26,27)24-12-1-2-13-24/h3-11,14H,1-2,12-13H2,(H,23,25). The van der Waals surface area contributed by atoms with Crippen molar-refractivity contribution in [3.63, 3.8) is 0 Å². The Labute approximate surface area is 179 Å². The minimum absolute atomic E-state index is 0.234. The number of anilines is 1. The number of carbonyl (C=O) groups excluding carboxylic acids is 1. The number of hydrogen-bond acceptors (Lipinski definition) is 4. The minimum Gasteiger partial charge on any atom is -0.322 e. The molecule has 3 aromatic rings. The highest BCUT2D eigenvalue weighted by molar-refractivity contribution is 7.91. The number of benzene rings is 2. The molecule has 1 aliphatic heterocycles. The van der Waals surface area contributed by atoms with Gasteiger partial charge in [-0.15, -0.1) is 11.3 Å². The molecule has 0 bridgehead atoms. The molecule has 2 aromatic carbocycles. The van der Waals surface area contributed by atoms with Gasteiger partial charge in [0.1, 0.15) is 4.21 Å². The number of nitrogens with zero attached hydrogens (tertiary/aromatic N) is 1. The molecule has 0 radical (unpaired) electrons. The van der Waals surface area contributed by atoms with Crippen LogP contribution in [0.2, 0.25) is 5.02 Å². The van der Waals surface area contributed by atoms with Crippen molar-refractivity contribution in [2.24, 2.45) is 0 Å². The fourth-order valence-corrected chi connectivity index (χ4v) is 6.40. The quantitative estimate of drug-likeness (QED) is 0.592. The Hall–Kier alpha value is -2.19. The van der Waals surface area contributed by atoms with E-state index >= 15 is 0 Å². The molecule has 8 heteroatoms. The van der Waals surface area contributed by atoms with Gasteiger partial charge < -0.3 is 5.32 Å². The fraction of sp³-hybridized carbons (Fsp3) is 0.190. The number of hydrogen-bond donors (Lipinski definition) is 1. The first-order valence-corrected chi connectivity index (χ1v) is 11.8. The van der Waals surface area contributed by atoms with Gasteiger partial charge in [-0.25, -0.2) is 8.42 Å². The van der Waals surface area contributed by atoms with Crippen molar-refractivity contribution in [3.8, 4) is 10.4 Å². The average Bonchev–Trinajstić information content (AvgIpc) is 3.41. The lowest BCUT2D eigenvalue weighted by molar-refractivity contribution is 0.102. The van der Waals surface area contributed by atoms with Gasteiger partial charge in [-0.1, -0.05) is 29.8 Å². The lowest BCUT2D eigenvalue weighted by atomic mass is 10.1. The first kappa shape index (κ1) is 20.1. The number of halogens is 1. The predicted molar refractivity (Wildman–Crippen MR) is 117 cm³/mol. The van der Waals surface area contributed by atoms with Crippen LogP contribution < -0.4 is 5.32 Å². The van der Waals surface area contributed by atoms with Crippen molar-refractivity contribution >= 4 is 44.6 Å². The summed E-state index contributed by atoms with van der Waals surface area (Å²) in [4.78, 5) is 13.3. The third kappa shape index (κ3) is 4.38. The molecule has 5 nitrogen and oxygen atoms in total. The molecule has 1 saturated heterocycles. The van der Waals surface area contributed by atoms with Crippen LogP contribution in [0.25, 0.3) is 10.4 Å². The maximum absolute atomic E-state index is 12.7. The molecule has 1 aromatic heterocycles. The largest absolute Gasteiger partial charge is 0.322 e. The van der Waals surface area contributed by atoms with Crippen LogP contribution in [-0.4, -0.2) is 31.7 Å². The van der Waals surface area contributed by atoms with Crippen molar-refractivity contribution in [1.29, 1.82) is 0 Å². The zero-order chi connectivity index (χ0) is 20.4. The Kier molecular flexibility index (Phi) is 5.74. The van der Waals surface area contributed by atoms with Gasteiger partial charge in [0.2, 0.25) is 0 Å². The van der Waals surface area contributed by atoms with Crippen LogP contribution in [0, 0.1) is 0 Å². The average molecular weight is 447 g/mol. The Balaban J connectivity index is 1.49. The summed E-state index contributed by atoms with van der Waals surface area (Å²) in [5.41, 5.74) is 2.01. The molecule has 0 atom stereocenters. The first-order chi connectivity index (χ1) is 13.9. The summed E-state index contributed by atoms with van der Waals surface area (Å²) in [6.45, 7) is 1.18. The number of amides is 1. The maximum atomic E-state index is 12.7.